The summed E-state index contributed by atoms with van der Waals surface area (Å²) in [5.74, 6) is 0.646. The van der Waals surface area contributed by atoms with Gasteiger partial charge in [0.1, 0.15) is 16.5 Å². The molecule has 1 aromatic carbocycles. The van der Waals surface area contributed by atoms with Crippen LogP contribution in [-0.4, -0.2) is 20.9 Å². The van der Waals surface area contributed by atoms with E-state index in [2.05, 4.69) is 15.3 Å². The van der Waals surface area contributed by atoms with Gasteiger partial charge in [0.05, 0.1) is 16.6 Å². The predicted molar refractivity (Wildman–Crippen MR) is 113 cm³/mol. The fraction of sp³-hybridized carbons (Fsp3) is 0.227. The van der Waals surface area contributed by atoms with Crippen LogP contribution in [0.1, 0.15) is 39.5 Å². The van der Waals surface area contributed by atoms with Gasteiger partial charge >= 0.3 is 0 Å². The molecule has 0 saturated heterocycles. The molecule has 1 aliphatic carbocycles. The Bertz CT molecular complexity index is 1160. The molecule has 0 atom stereocenters. The van der Waals surface area contributed by atoms with Crippen LogP contribution in [-0.2, 0) is 12.8 Å². The zero-order valence-corrected chi connectivity index (χ0v) is 16.4. The molecule has 4 aromatic rings. The van der Waals surface area contributed by atoms with Gasteiger partial charge in [-0.15, -0.1) is 11.3 Å². The zero-order valence-electron chi connectivity index (χ0n) is 15.6. The van der Waals surface area contributed by atoms with Gasteiger partial charge in [0.25, 0.3) is 5.91 Å². The van der Waals surface area contributed by atoms with E-state index in [0.717, 1.165) is 46.0 Å². The van der Waals surface area contributed by atoms with Crippen molar-refractivity contribution < 1.29 is 4.79 Å². The maximum absolute atomic E-state index is 12.8. The third-order valence-electron chi connectivity index (χ3n) is 5.15. The lowest BCUT2D eigenvalue weighted by atomic mass is 9.95. The number of hydrogen-bond acceptors (Lipinski definition) is 4. The van der Waals surface area contributed by atoms with Crippen LogP contribution in [0.3, 0.4) is 0 Å². The van der Waals surface area contributed by atoms with Crippen LogP contribution in [0.5, 0.6) is 0 Å². The van der Waals surface area contributed by atoms with Gasteiger partial charge in [0.2, 0.25) is 0 Å². The number of hydrogen-bond donors (Lipinski definition) is 2. The van der Waals surface area contributed by atoms with E-state index >= 15 is 0 Å². The average molecular weight is 388 g/mol. The number of fused-ring (bicyclic) bond motifs is 2. The molecular weight excluding hydrogens is 368 g/mol. The van der Waals surface area contributed by atoms with E-state index in [1.165, 1.54) is 23.3 Å². The van der Waals surface area contributed by atoms with Crippen molar-refractivity contribution in [1.82, 2.24) is 15.0 Å². The Morgan fingerprint density at radius 3 is 2.79 bits per heavy atom. The van der Waals surface area contributed by atoms with E-state index in [-0.39, 0.29) is 5.91 Å². The minimum Gasteiger partial charge on any atom is -0.338 e. The standard InChI is InChI=1S/C22H20N4OS/c1-13-7-6-11-17(23-13)21(27)26-22-19(14-8-2-5-12-18(14)28-22)20-24-15-9-3-4-10-16(15)25-20/h3-4,6-7,9-11H,2,5,8,12H2,1H3,(H,24,25)(H,26,27). The highest BCUT2D eigenvalue weighted by Crippen LogP contribution is 2.43. The number of imidazole rings is 1. The zero-order chi connectivity index (χ0) is 19.1. The minimum atomic E-state index is -0.181. The van der Waals surface area contributed by atoms with Gasteiger partial charge in [-0.1, -0.05) is 18.2 Å². The monoisotopic (exact) mass is 388 g/mol. The van der Waals surface area contributed by atoms with Crippen LogP contribution in [0.25, 0.3) is 22.4 Å². The van der Waals surface area contributed by atoms with Gasteiger partial charge in [0.15, 0.2) is 0 Å². The number of aromatic amines is 1. The maximum Gasteiger partial charge on any atom is 0.274 e. The number of amides is 1. The topological polar surface area (TPSA) is 70.7 Å². The van der Waals surface area contributed by atoms with Gasteiger partial charge in [-0.2, -0.15) is 0 Å². The fourth-order valence-corrected chi connectivity index (χ4v) is 5.10. The second-order valence-electron chi connectivity index (χ2n) is 7.14. The van der Waals surface area contributed by atoms with Crippen LogP contribution in [0.4, 0.5) is 5.00 Å². The number of thiophene rings is 1. The molecule has 6 heteroatoms. The number of aromatic nitrogens is 3. The van der Waals surface area contributed by atoms with E-state index in [0.29, 0.717) is 5.69 Å². The molecule has 0 bridgehead atoms. The molecule has 28 heavy (non-hydrogen) atoms. The van der Waals surface area contributed by atoms with E-state index < -0.39 is 0 Å². The fourth-order valence-electron chi connectivity index (χ4n) is 3.81. The number of rotatable bonds is 3. The number of aryl methyl sites for hydroxylation is 2. The van der Waals surface area contributed by atoms with Crippen LogP contribution in [0.15, 0.2) is 42.5 Å². The number of carbonyl (C=O) groups is 1. The second-order valence-corrected chi connectivity index (χ2v) is 8.24. The summed E-state index contributed by atoms with van der Waals surface area (Å²) < 4.78 is 0. The summed E-state index contributed by atoms with van der Waals surface area (Å²) in [6.45, 7) is 1.89. The first-order valence-electron chi connectivity index (χ1n) is 9.54. The number of H-pyrrole nitrogens is 1. The first-order chi connectivity index (χ1) is 13.7. The molecule has 0 spiro atoms. The number of pyridine rings is 1. The summed E-state index contributed by atoms with van der Waals surface area (Å²) >= 11 is 1.67. The smallest absolute Gasteiger partial charge is 0.274 e. The van der Waals surface area contributed by atoms with Crippen LogP contribution in [0, 0.1) is 6.92 Å². The Hall–Kier alpha value is -2.99. The summed E-state index contributed by atoms with van der Waals surface area (Å²) in [4.78, 5) is 26.8. The van der Waals surface area contributed by atoms with Crippen molar-refractivity contribution in [3.8, 4) is 11.4 Å². The normalized spacial score (nSPS) is 13.5. The molecule has 0 aliphatic heterocycles. The minimum absolute atomic E-state index is 0.181. The summed E-state index contributed by atoms with van der Waals surface area (Å²) in [7, 11) is 0. The largest absolute Gasteiger partial charge is 0.338 e. The molecule has 1 aliphatic rings. The first kappa shape index (κ1) is 17.1. The number of nitrogens with one attached hydrogen (secondary N) is 2. The molecule has 5 nitrogen and oxygen atoms in total. The van der Waals surface area contributed by atoms with Crippen LogP contribution in [0.2, 0.25) is 0 Å². The number of carbonyl (C=O) groups excluding carboxylic acids is 1. The quantitative estimate of drug-likeness (QED) is 0.511. The Labute approximate surface area is 166 Å². The molecule has 0 fully saturated rings. The van der Waals surface area contributed by atoms with Gasteiger partial charge in [-0.25, -0.2) is 9.97 Å². The number of para-hydroxylation sites is 2. The average Bonchev–Trinajstić information content (AvgIpc) is 3.28. The van der Waals surface area contributed by atoms with Crippen LogP contribution < -0.4 is 5.32 Å². The molecule has 3 aromatic heterocycles. The van der Waals surface area contributed by atoms with Gasteiger partial charge in [-0.05, 0) is 62.4 Å². The number of benzene rings is 1. The molecule has 140 valence electrons. The van der Waals surface area contributed by atoms with Gasteiger partial charge in [0, 0.05) is 10.6 Å². The van der Waals surface area contributed by atoms with Crippen molar-refractivity contribution in [2.45, 2.75) is 32.6 Å². The van der Waals surface area contributed by atoms with E-state index in [9.17, 15) is 4.79 Å². The SMILES string of the molecule is Cc1cccc(C(=O)Nc2sc3c(c2-c2nc4ccccc4[nH]2)CCCC3)n1. The third kappa shape index (κ3) is 2.99. The predicted octanol–water partition coefficient (Wildman–Crippen LogP) is 5.13. The summed E-state index contributed by atoms with van der Waals surface area (Å²) in [6.07, 6.45) is 4.45. The maximum atomic E-state index is 12.8. The summed E-state index contributed by atoms with van der Waals surface area (Å²) in [5, 5.41) is 3.97. The van der Waals surface area contributed by atoms with Crippen molar-refractivity contribution >= 4 is 33.3 Å². The van der Waals surface area contributed by atoms with Crippen molar-refractivity contribution in [3.05, 3.63) is 64.3 Å². The first-order valence-corrected chi connectivity index (χ1v) is 10.4. The van der Waals surface area contributed by atoms with E-state index in [1.54, 1.807) is 17.4 Å². The molecular formula is C22H20N4OS. The van der Waals surface area contributed by atoms with Gasteiger partial charge < -0.3 is 10.3 Å². The molecule has 0 unspecified atom stereocenters. The van der Waals surface area contributed by atoms with E-state index in [1.807, 2.05) is 43.3 Å². The highest BCUT2D eigenvalue weighted by Gasteiger charge is 2.25. The van der Waals surface area contributed by atoms with Crippen molar-refractivity contribution in [2.24, 2.45) is 0 Å². The van der Waals surface area contributed by atoms with Crippen molar-refractivity contribution in [1.29, 1.82) is 0 Å². The number of nitrogens with zero attached hydrogens (tertiary/aromatic N) is 2. The molecule has 2 N–H and O–H groups in total. The Morgan fingerprint density at radius 1 is 1.07 bits per heavy atom. The third-order valence-corrected chi connectivity index (χ3v) is 6.35. The molecule has 5 rings (SSSR count). The van der Waals surface area contributed by atoms with Gasteiger partial charge in [-0.3, -0.25) is 4.79 Å². The highest BCUT2D eigenvalue weighted by atomic mass is 32.1. The van der Waals surface area contributed by atoms with Crippen LogP contribution >= 0.6 is 11.3 Å². The lowest BCUT2D eigenvalue weighted by Gasteiger charge is -2.12. The molecule has 1 amide bonds. The van der Waals surface area contributed by atoms with Crippen molar-refractivity contribution in [3.63, 3.8) is 0 Å². The highest BCUT2D eigenvalue weighted by molar-refractivity contribution is 7.17. The molecule has 0 radical (unpaired) electrons. The lowest BCUT2D eigenvalue weighted by molar-refractivity contribution is 0.102. The number of anilines is 1. The van der Waals surface area contributed by atoms with E-state index in [4.69, 9.17) is 4.98 Å². The Kier molecular flexibility index (Phi) is 4.20. The molecule has 3 heterocycles. The summed E-state index contributed by atoms with van der Waals surface area (Å²) in [6, 6.07) is 13.5. The van der Waals surface area contributed by atoms with Crippen molar-refractivity contribution in [2.75, 3.05) is 5.32 Å². The summed E-state index contributed by atoms with van der Waals surface area (Å²) in [5.41, 5.74) is 5.56. The Balaban J connectivity index is 1.59. The lowest BCUT2D eigenvalue weighted by Crippen LogP contribution is -2.14. The Morgan fingerprint density at radius 2 is 1.93 bits per heavy atom. The molecule has 0 saturated carbocycles. The second kappa shape index (κ2) is 6.87.